The lowest BCUT2D eigenvalue weighted by atomic mass is 10.1. The smallest absolute Gasteiger partial charge is 0.291 e. The van der Waals surface area contributed by atoms with Crippen LogP contribution in [-0.4, -0.2) is 15.7 Å². The number of hydrogen-bond donors (Lipinski definition) is 1. The van der Waals surface area contributed by atoms with E-state index >= 15 is 0 Å². The standard InChI is InChI=1S/C23H20IN3O3/c1-16-3-2-4-17(11-16)13-27-14-19(12-25-27)26-23(28)22-10-9-21(30-22)15-29-20-7-5-18(24)6-8-20/h2-12,14H,13,15H2,1H3,(H,26,28). The molecule has 6 nitrogen and oxygen atoms in total. The minimum absolute atomic E-state index is 0.225. The van der Waals surface area contributed by atoms with Crippen molar-refractivity contribution in [2.24, 2.45) is 0 Å². The zero-order valence-corrected chi connectivity index (χ0v) is 18.5. The summed E-state index contributed by atoms with van der Waals surface area (Å²) in [5.41, 5.74) is 2.97. The number of furan rings is 1. The maximum absolute atomic E-state index is 12.5. The van der Waals surface area contributed by atoms with E-state index in [0.29, 0.717) is 18.0 Å². The van der Waals surface area contributed by atoms with Crippen molar-refractivity contribution in [1.29, 1.82) is 0 Å². The van der Waals surface area contributed by atoms with Crippen LogP contribution in [0, 0.1) is 10.5 Å². The summed E-state index contributed by atoms with van der Waals surface area (Å²) in [6, 6.07) is 19.3. The van der Waals surface area contributed by atoms with E-state index in [1.54, 1.807) is 29.2 Å². The average molecular weight is 513 g/mol. The number of nitrogens with one attached hydrogen (secondary N) is 1. The molecular weight excluding hydrogens is 493 g/mol. The van der Waals surface area contributed by atoms with Crippen molar-refractivity contribution in [2.75, 3.05) is 5.32 Å². The third-order valence-electron chi connectivity index (χ3n) is 4.40. The molecule has 7 heteroatoms. The van der Waals surface area contributed by atoms with Gasteiger partial charge in [-0.3, -0.25) is 9.48 Å². The SMILES string of the molecule is Cc1cccc(Cn2cc(NC(=O)c3ccc(COc4ccc(I)cc4)o3)cn2)c1. The Labute approximate surface area is 188 Å². The van der Waals surface area contributed by atoms with E-state index in [4.69, 9.17) is 9.15 Å². The summed E-state index contributed by atoms with van der Waals surface area (Å²) in [5.74, 6) is 1.22. The summed E-state index contributed by atoms with van der Waals surface area (Å²) in [6.45, 7) is 2.95. The number of aryl methyl sites for hydroxylation is 1. The molecule has 0 radical (unpaired) electrons. The molecule has 0 aliphatic heterocycles. The van der Waals surface area contributed by atoms with E-state index in [9.17, 15) is 4.79 Å². The normalized spacial score (nSPS) is 10.7. The van der Waals surface area contributed by atoms with Crippen LogP contribution in [0.1, 0.15) is 27.4 Å². The van der Waals surface area contributed by atoms with E-state index in [-0.39, 0.29) is 18.3 Å². The molecule has 0 saturated carbocycles. The number of rotatable bonds is 7. The van der Waals surface area contributed by atoms with Crippen LogP contribution in [0.15, 0.2) is 77.5 Å². The van der Waals surface area contributed by atoms with E-state index in [2.05, 4.69) is 58.1 Å². The van der Waals surface area contributed by atoms with Crippen LogP contribution in [0.4, 0.5) is 5.69 Å². The van der Waals surface area contributed by atoms with Crippen molar-refractivity contribution >= 4 is 34.2 Å². The van der Waals surface area contributed by atoms with Crippen LogP contribution in [-0.2, 0) is 13.2 Å². The first kappa shape index (κ1) is 20.2. The van der Waals surface area contributed by atoms with Gasteiger partial charge in [0.25, 0.3) is 5.91 Å². The zero-order valence-electron chi connectivity index (χ0n) is 16.3. The second-order valence-electron chi connectivity index (χ2n) is 6.88. The van der Waals surface area contributed by atoms with Gasteiger partial charge in [0, 0.05) is 9.77 Å². The molecule has 0 spiro atoms. The summed E-state index contributed by atoms with van der Waals surface area (Å²) in [6.07, 6.45) is 3.42. The van der Waals surface area contributed by atoms with Gasteiger partial charge in [0.1, 0.15) is 18.1 Å². The van der Waals surface area contributed by atoms with Gasteiger partial charge in [-0.1, -0.05) is 29.8 Å². The number of ether oxygens (including phenoxy) is 1. The molecule has 4 rings (SSSR count). The summed E-state index contributed by atoms with van der Waals surface area (Å²) < 4.78 is 14.2. The number of hydrogen-bond acceptors (Lipinski definition) is 4. The van der Waals surface area contributed by atoms with Gasteiger partial charge < -0.3 is 14.5 Å². The number of anilines is 1. The Morgan fingerprint density at radius 3 is 2.80 bits per heavy atom. The fourth-order valence-corrected chi connectivity index (χ4v) is 3.33. The fourth-order valence-electron chi connectivity index (χ4n) is 2.97. The molecule has 0 saturated heterocycles. The molecule has 1 N–H and O–H groups in total. The molecule has 0 bridgehead atoms. The molecule has 1 amide bonds. The van der Waals surface area contributed by atoms with E-state index in [0.717, 1.165) is 14.9 Å². The molecule has 4 aromatic rings. The Balaban J connectivity index is 1.33. The highest BCUT2D eigenvalue weighted by Gasteiger charge is 2.13. The number of halogens is 1. The van der Waals surface area contributed by atoms with Gasteiger partial charge in [0.05, 0.1) is 18.4 Å². The molecule has 0 aliphatic carbocycles. The molecule has 0 fully saturated rings. The van der Waals surface area contributed by atoms with Crippen molar-refractivity contribution in [3.8, 4) is 5.75 Å². The lowest BCUT2D eigenvalue weighted by Crippen LogP contribution is -2.10. The second kappa shape index (κ2) is 9.17. The van der Waals surface area contributed by atoms with Crippen LogP contribution in [0.3, 0.4) is 0 Å². The Bertz CT molecular complexity index is 1150. The van der Waals surface area contributed by atoms with E-state index in [1.165, 1.54) is 5.56 Å². The summed E-state index contributed by atoms with van der Waals surface area (Å²) in [4.78, 5) is 12.5. The Morgan fingerprint density at radius 1 is 1.17 bits per heavy atom. The zero-order chi connectivity index (χ0) is 20.9. The number of carbonyl (C=O) groups excluding carboxylic acids is 1. The van der Waals surface area contributed by atoms with Gasteiger partial charge in [-0.25, -0.2) is 0 Å². The van der Waals surface area contributed by atoms with Crippen LogP contribution in [0.5, 0.6) is 5.75 Å². The third-order valence-corrected chi connectivity index (χ3v) is 5.12. The van der Waals surface area contributed by atoms with Crippen LogP contribution >= 0.6 is 22.6 Å². The minimum atomic E-state index is -0.328. The molecule has 0 atom stereocenters. The Hall–Kier alpha value is -3.07. The third kappa shape index (κ3) is 5.29. The maximum atomic E-state index is 12.5. The predicted molar refractivity (Wildman–Crippen MR) is 123 cm³/mol. The van der Waals surface area contributed by atoms with Crippen LogP contribution in [0.2, 0.25) is 0 Å². The average Bonchev–Trinajstić information content (AvgIpc) is 3.37. The minimum Gasteiger partial charge on any atom is -0.486 e. The number of aromatic nitrogens is 2. The van der Waals surface area contributed by atoms with Crippen molar-refractivity contribution < 1.29 is 13.9 Å². The van der Waals surface area contributed by atoms with Crippen molar-refractivity contribution in [3.05, 3.63) is 99.3 Å². The topological polar surface area (TPSA) is 69.3 Å². The van der Waals surface area contributed by atoms with Crippen LogP contribution < -0.4 is 10.1 Å². The molecular formula is C23H20IN3O3. The highest BCUT2D eigenvalue weighted by atomic mass is 127. The number of amides is 1. The van der Waals surface area contributed by atoms with E-state index < -0.39 is 0 Å². The van der Waals surface area contributed by atoms with Gasteiger partial charge in [-0.05, 0) is 71.5 Å². The van der Waals surface area contributed by atoms with Gasteiger partial charge in [-0.15, -0.1) is 0 Å². The van der Waals surface area contributed by atoms with E-state index in [1.807, 2.05) is 30.3 Å². The van der Waals surface area contributed by atoms with Gasteiger partial charge in [0.15, 0.2) is 5.76 Å². The summed E-state index contributed by atoms with van der Waals surface area (Å²) >= 11 is 2.24. The molecule has 0 aliphatic rings. The van der Waals surface area contributed by atoms with Crippen molar-refractivity contribution in [3.63, 3.8) is 0 Å². The van der Waals surface area contributed by atoms with Crippen LogP contribution in [0.25, 0.3) is 0 Å². The monoisotopic (exact) mass is 513 g/mol. The van der Waals surface area contributed by atoms with Gasteiger partial charge in [-0.2, -0.15) is 5.10 Å². The Morgan fingerprint density at radius 2 is 2.00 bits per heavy atom. The maximum Gasteiger partial charge on any atom is 0.291 e. The summed E-state index contributed by atoms with van der Waals surface area (Å²) in [7, 11) is 0. The summed E-state index contributed by atoms with van der Waals surface area (Å²) in [5, 5.41) is 7.12. The first-order valence-electron chi connectivity index (χ1n) is 9.41. The Kier molecular flexibility index (Phi) is 6.18. The molecule has 0 unspecified atom stereocenters. The molecule has 2 aromatic carbocycles. The lowest BCUT2D eigenvalue weighted by Gasteiger charge is -2.04. The highest BCUT2D eigenvalue weighted by Crippen LogP contribution is 2.17. The number of benzene rings is 2. The lowest BCUT2D eigenvalue weighted by molar-refractivity contribution is 0.0992. The highest BCUT2D eigenvalue weighted by molar-refractivity contribution is 14.1. The fraction of sp³-hybridized carbons (Fsp3) is 0.130. The number of nitrogens with zero attached hydrogens (tertiary/aromatic N) is 2. The van der Waals surface area contributed by atoms with Gasteiger partial charge >= 0.3 is 0 Å². The molecule has 2 heterocycles. The first-order chi connectivity index (χ1) is 14.5. The van der Waals surface area contributed by atoms with Gasteiger partial charge in [0.2, 0.25) is 0 Å². The van der Waals surface area contributed by atoms with Crippen molar-refractivity contribution in [2.45, 2.75) is 20.1 Å². The second-order valence-corrected chi connectivity index (χ2v) is 8.12. The number of carbonyl (C=O) groups is 1. The largest absolute Gasteiger partial charge is 0.486 e. The first-order valence-corrected chi connectivity index (χ1v) is 10.5. The molecule has 2 aromatic heterocycles. The predicted octanol–water partition coefficient (Wildman–Crippen LogP) is 5.27. The molecule has 152 valence electrons. The quantitative estimate of drug-likeness (QED) is 0.342. The van der Waals surface area contributed by atoms with Crippen molar-refractivity contribution in [1.82, 2.24) is 9.78 Å². The molecule has 30 heavy (non-hydrogen) atoms.